The second kappa shape index (κ2) is 9.45. The molecule has 0 aromatic rings. The van der Waals surface area contributed by atoms with E-state index in [-0.39, 0.29) is 50.2 Å². The molecule has 0 spiro atoms. The number of halogens is 1. The minimum Gasteiger partial charge on any atom is -0.464 e. The summed E-state index contributed by atoms with van der Waals surface area (Å²) in [5.41, 5.74) is 0. The maximum absolute atomic E-state index is 12.5. The summed E-state index contributed by atoms with van der Waals surface area (Å²) in [4.78, 5) is 52.1. The van der Waals surface area contributed by atoms with Gasteiger partial charge in [0.25, 0.3) is 0 Å². The van der Waals surface area contributed by atoms with Gasteiger partial charge in [0.15, 0.2) is 0 Å². The fourth-order valence-corrected chi connectivity index (χ4v) is 4.22. The number of hydrogen-bond acceptors (Lipinski definition) is 8. The third-order valence-corrected chi connectivity index (χ3v) is 5.92. The first-order chi connectivity index (χ1) is 14.2. The molecule has 30 heavy (non-hydrogen) atoms. The van der Waals surface area contributed by atoms with E-state index in [4.69, 9.17) is 25.8 Å². The average Bonchev–Trinajstić information content (AvgIpc) is 3.36. The summed E-state index contributed by atoms with van der Waals surface area (Å²) >= 11 is 6.04. The highest BCUT2D eigenvalue weighted by Gasteiger charge is 2.60. The summed E-state index contributed by atoms with van der Waals surface area (Å²) in [6.45, 7) is 2.29. The molecular weight excluding hydrogens is 416 g/mol. The number of imide groups is 1. The highest BCUT2D eigenvalue weighted by Crippen LogP contribution is 2.44. The van der Waals surface area contributed by atoms with Gasteiger partial charge in [0, 0.05) is 6.54 Å². The molecule has 0 N–H and O–H groups in total. The highest BCUT2D eigenvalue weighted by molar-refractivity contribution is 6.30. The van der Waals surface area contributed by atoms with Gasteiger partial charge < -0.3 is 19.1 Å². The first kappa shape index (κ1) is 22.7. The standard InChI is InChI=1S/C20H27ClN2O7/c1-11(10-12(21)20(27)29-8-6-22(2)3)19(26)28-9-7-23-17(24)15-13-4-5-14(30-13)16(15)18(23)25/h4-5,11-16H,6-10H2,1-3H3. The van der Waals surface area contributed by atoms with Crippen LogP contribution in [0.5, 0.6) is 0 Å². The van der Waals surface area contributed by atoms with Crippen LogP contribution in [0.1, 0.15) is 13.3 Å². The smallest absolute Gasteiger partial charge is 0.324 e. The van der Waals surface area contributed by atoms with E-state index in [1.807, 2.05) is 31.1 Å². The van der Waals surface area contributed by atoms with Crippen molar-refractivity contribution in [2.24, 2.45) is 17.8 Å². The molecule has 2 bridgehead atoms. The summed E-state index contributed by atoms with van der Waals surface area (Å²) in [6.07, 6.45) is 3.01. The second-order valence-electron chi connectivity index (χ2n) is 8.07. The third kappa shape index (κ3) is 4.68. The minimum atomic E-state index is -0.959. The molecule has 0 aromatic heterocycles. The molecule has 0 radical (unpaired) electrons. The molecule has 3 aliphatic rings. The molecule has 2 amide bonds. The molecule has 10 heteroatoms. The lowest BCUT2D eigenvalue weighted by Gasteiger charge is -2.19. The van der Waals surface area contributed by atoms with E-state index in [0.29, 0.717) is 6.54 Å². The van der Waals surface area contributed by atoms with Crippen LogP contribution in [0.25, 0.3) is 0 Å². The molecule has 2 fully saturated rings. The molecule has 9 nitrogen and oxygen atoms in total. The Morgan fingerprint density at radius 3 is 2.23 bits per heavy atom. The van der Waals surface area contributed by atoms with Gasteiger partial charge in [-0.05, 0) is 20.5 Å². The molecule has 3 heterocycles. The number of hydrogen-bond donors (Lipinski definition) is 0. The van der Waals surface area contributed by atoms with Crippen LogP contribution in [0.4, 0.5) is 0 Å². The van der Waals surface area contributed by atoms with Crippen molar-refractivity contribution < 1.29 is 33.4 Å². The summed E-state index contributed by atoms with van der Waals surface area (Å²) < 4.78 is 15.8. The molecule has 2 saturated heterocycles. The maximum atomic E-state index is 12.5. The zero-order valence-corrected chi connectivity index (χ0v) is 18.0. The van der Waals surface area contributed by atoms with E-state index in [0.717, 1.165) is 4.90 Å². The molecular formula is C20H27ClN2O7. The zero-order valence-electron chi connectivity index (χ0n) is 17.3. The SMILES string of the molecule is CC(CC(Cl)C(=O)OCCN(C)C)C(=O)OCCN1C(=O)C2C3C=CC(O3)C2C1=O. The highest BCUT2D eigenvalue weighted by atomic mass is 35.5. The topological polar surface area (TPSA) is 102 Å². The molecule has 0 aliphatic carbocycles. The van der Waals surface area contributed by atoms with Crippen LogP contribution in [-0.2, 0) is 33.4 Å². The van der Waals surface area contributed by atoms with Crippen LogP contribution in [0.3, 0.4) is 0 Å². The van der Waals surface area contributed by atoms with Crippen LogP contribution >= 0.6 is 11.6 Å². The van der Waals surface area contributed by atoms with Gasteiger partial charge in [-0.3, -0.25) is 24.1 Å². The third-order valence-electron chi connectivity index (χ3n) is 5.56. The van der Waals surface area contributed by atoms with Crippen molar-refractivity contribution in [2.75, 3.05) is 40.4 Å². The number of ether oxygens (including phenoxy) is 3. The summed E-state index contributed by atoms with van der Waals surface area (Å²) in [6, 6.07) is 0. The van der Waals surface area contributed by atoms with Gasteiger partial charge in [0.05, 0.1) is 36.5 Å². The van der Waals surface area contributed by atoms with Gasteiger partial charge in [0.1, 0.15) is 18.6 Å². The van der Waals surface area contributed by atoms with E-state index >= 15 is 0 Å². The van der Waals surface area contributed by atoms with Crippen molar-refractivity contribution in [1.82, 2.24) is 9.80 Å². The first-order valence-corrected chi connectivity index (χ1v) is 10.5. The zero-order chi connectivity index (χ0) is 22.0. The number of amides is 2. The Kier molecular flexibility index (Phi) is 7.15. The van der Waals surface area contributed by atoms with E-state index < -0.39 is 35.1 Å². The van der Waals surface area contributed by atoms with Crippen LogP contribution in [0, 0.1) is 17.8 Å². The van der Waals surface area contributed by atoms with Gasteiger partial charge in [-0.25, -0.2) is 0 Å². The number of nitrogens with zero attached hydrogens (tertiary/aromatic N) is 2. The Hall–Kier alpha value is -1.97. The number of likely N-dealkylation sites (tertiary alicyclic amines) is 1. The summed E-state index contributed by atoms with van der Waals surface area (Å²) in [5.74, 6) is -3.28. The Morgan fingerprint density at radius 2 is 1.67 bits per heavy atom. The molecule has 3 rings (SSSR count). The monoisotopic (exact) mass is 442 g/mol. The molecule has 0 aromatic carbocycles. The fourth-order valence-electron chi connectivity index (χ4n) is 3.89. The van der Waals surface area contributed by atoms with Crippen molar-refractivity contribution in [1.29, 1.82) is 0 Å². The Morgan fingerprint density at radius 1 is 1.10 bits per heavy atom. The van der Waals surface area contributed by atoms with Crippen LogP contribution in [-0.4, -0.2) is 91.5 Å². The van der Waals surface area contributed by atoms with Crippen molar-refractivity contribution in [3.63, 3.8) is 0 Å². The number of likely N-dealkylation sites (N-methyl/N-ethyl adjacent to an activating group) is 1. The number of esters is 2. The van der Waals surface area contributed by atoms with E-state index in [1.165, 1.54) is 0 Å². The molecule has 166 valence electrons. The number of carbonyl (C=O) groups excluding carboxylic acids is 4. The average molecular weight is 443 g/mol. The van der Waals surface area contributed by atoms with Crippen molar-refractivity contribution >= 4 is 35.4 Å². The fraction of sp³-hybridized carbons (Fsp3) is 0.700. The number of alkyl halides is 1. The van der Waals surface area contributed by atoms with Crippen LogP contribution in [0.2, 0.25) is 0 Å². The number of rotatable bonds is 10. The Bertz CT molecular complexity index is 711. The number of fused-ring (bicyclic) bond motifs is 5. The molecule has 0 saturated carbocycles. The molecule has 6 unspecified atom stereocenters. The van der Waals surface area contributed by atoms with E-state index in [1.54, 1.807) is 6.92 Å². The largest absolute Gasteiger partial charge is 0.464 e. The lowest BCUT2D eigenvalue weighted by atomic mass is 9.85. The van der Waals surface area contributed by atoms with Gasteiger partial charge >= 0.3 is 11.9 Å². The predicted octanol–water partition coefficient (Wildman–Crippen LogP) is 0.206. The minimum absolute atomic E-state index is 0.000548. The van der Waals surface area contributed by atoms with Crippen molar-refractivity contribution in [3.8, 4) is 0 Å². The Labute approximate surface area is 180 Å². The van der Waals surface area contributed by atoms with Gasteiger partial charge in [-0.1, -0.05) is 19.1 Å². The normalized spacial score (nSPS) is 28.8. The quantitative estimate of drug-likeness (QED) is 0.205. The first-order valence-electron chi connectivity index (χ1n) is 10.0. The summed E-state index contributed by atoms with van der Waals surface area (Å²) in [7, 11) is 3.71. The van der Waals surface area contributed by atoms with Crippen LogP contribution < -0.4 is 0 Å². The van der Waals surface area contributed by atoms with Gasteiger partial charge in [0.2, 0.25) is 11.8 Å². The lowest BCUT2D eigenvalue weighted by molar-refractivity contribution is -0.153. The van der Waals surface area contributed by atoms with Crippen molar-refractivity contribution in [2.45, 2.75) is 30.9 Å². The lowest BCUT2D eigenvalue weighted by Crippen LogP contribution is -2.37. The molecule has 3 aliphatic heterocycles. The maximum Gasteiger partial charge on any atom is 0.324 e. The molecule has 6 atom stereocenters. The Balaban J connectivity index is 1.39. The van der Waals surface area contributed by atoms with Gasteiger partial charge in [-0.2, -0.15) is 0 Å². The second-order valence-corrected chi connectivity index (χ2v) is 8.60. The van der Waals surface area contributed by atoms with E-state index in [9.17, 15) is 19.2 Å². The van der Waals surface area contributed by atoms with Crippen molar-refractivity contribution in [3.05, 3.63) is 12.2 Å². The number of carbonyl (C=O) groups is 4. The predicted molar refractivity (Wildman–Crippen MR) is 105 cm³/mol. The van der Waals surface area contributed by atoms with E-state index in [2.05, 4.69) is 0 Å². The summed E-state index contributed by atoms with van der Waals surface area (Å²) in [5, 5.41) is -0.959. The van der Waals surface area contributed by atoms with Crippen LogP contribution in [0.15, 0.2) is 12.2 Å². The van der Waals surface area contributed by atoms with Gasteiger partial charge in [-0.15, -0.1) is 11.6 Å².